The van der Waals surface area contributed by atoms with Crippen LogP contribution in [0.5, 0.6) is 11.5 Å². The Morgan fingerprint density at radius 2 is 1.80 bits per heavy atom. The fraction of sp³-hybridized carbons (Fsp3) is 0.286. The molecule has 0 fully saturated rings. The fourth-order valence-corrected chi connectivity index (χ4v) is 1.36. The van der Waals surface area contributed by atoms with Crippen LogP contribution >= 0.6 is 0 Å². The van der Waals surface area contributed by atoms with Crippen molar-refractivity contribution >= 4 is 18.0 Å². The number of hydrogen-bond donors (Lipinski definition) is 0. The van der Waals surface area contributed by atoms with Crippen molar-refractivity contribution in [3.05, 3.63) is 29.8 Å². The Balaban J connectivity index is 2.65. The highest BCUT2D eigenvalue weighted by Gasteiger charge is 2.05. The minimum Gasteiger partial charge on any atom is -0.493 e. The molecule has 0 N–H and O–H groups in total. The van der Waals surface area contributed by atoms with Crippen molar-refractivity contribution in [2.75, 3.05) is 27.9 Å². The predicted molar refractivity (Wildman–Crippen MR) is 71.6 cm³/mol. The number of ether oxygens (including phenoxy) is 4. The average Bonchev–Trinajstić information content (AvgIpc) is 2.49. The third-order valence-electron chi connectivity index (χ3n) is 2.38. The maximum absolute atomic E-state index is 11.3. The van der Waals surface area contributed by atoms with Crippen molar-refractivity contribution in [1.29, 1.82) is 0 Å². The van der Waals surface area contributed by atoms with E-state index in [4.69, 9.17) is 9.47 Å². The number of benzene rings is 1. The van der Waals surface area contributed by atoms with Gasteiger partial charge in [-0.25, -0.2) is 9.59 Å². The molecule has 0 aliphatic carbocycles. The summed E-state index contributed by atoms with van der Waals surface area (Å²) >= 11 is 0. The Bertz CT molecular complexity index is 506. The number of carbonyl (C=O) groups is 2. The third kappa shape index (κ3) is 4.64. The van der Waals surface area contributed by atoms with E-state index >= 15 is 0 Å². The molecule has 0 radical (unpaired) electrons. The molecule has 0 heterocycles. The van der Waals surface area contributed by atoms with Crippen molar-refractivity contribution in [2.24, 2.45) is 0 Å². The zero-order valence-corrected chi connectivity index (χ0v) is 11.5. The molecule has 0 saturated heterocycles. The van der Waals surface area contributed by atoms with E-state index in [0.717, 1.165) is 5.56 Å². The topological polar surface area (TPSA) is 71.1 Å². The number of carbonyl (C=O) groups excluding carboxylic acids is 2. The molecule has 0 spiro atoms. The monoisotopic (exact) mass is 280 g/mol. The van der Waals surface area contributed by atoms with Gasteiger partial charge in [-0.05, 0) is 23.8 Å². The molecule has 0 aliphatic rings. The number of hydrogen-bond acceptors (Lipinski definition) is 6. The summed E-state index contributed by atoms with van der Waals surface area (Å²) in [4.78, 5) is 22.1. The van der Waals surface area contributed by atoms with Gasteiger partial charge in [-0.2, -0.15) is 0 Å². The minimum absolute atomic E-state index is 0.411. The first-order valence-corrected chi connectivity index (χ1v) is 5.74. The summed E-state index contributed by atoms with van der Waals surface area (Å²) in [7, 11) is 4.28. The Hall–Kier alpha value is -2.50. The average molecular weight is 280 g/mol. The van der Waals surface area contributed by atoms with E-state index in [1.807, 2.05) is 0 Å². The van der Waals surface area contributed by atoms with E-state index < -0.39 is 18.5 Å². The fourth-order valence-electron chi connectivity index (χ4n) is 1.36. The van der Waals surface area contributed by atoms with Gasteiger partial charge < -0.3 is 18.9 Å². The second kappa shape index (κ2) is 7.83. The molecular weight excluding hydrogens is 264 g/mol. The summed E-state index contributed by atoms with van der Waals surface area (Å²) in [6, 6.07) is 5.19. The van der Waals surface area contributed by atoms with Gasteiger partial charge in [0.15, 0.2) is 18.1 Å². The van der Waals surface area contributed by atoms with Gasteiger partial charge in [0.1, 0.15) is 0 Å². The van der Waals surface area contributed by atoms with Crippen molar-refractivity contribution < 1.29 is 28.5 Å². The van der Waals surface area contributed by atoms with Crippen molar-refractivity contribution in [3.8, 4) is 11.5 Å². The van der Waals surface area contributed by atoms with Gasteiger partial charge in [-0.1, -0.05) is 6.07 Å². The Morgan fingerprint density at radius 3 is 2.40 bits per heavy atom. The molecule has 0 bridgehead atoms. The number of methoxy groups -OCH3 is 3. The lowest BCUT2D eigenvalue weighted by Gasteiger charge is -2.07. The summed E-state index contributed by atoms with van der Waals surface area (Å²) in [5.41, 5.74) is 0.734. The largest absolute Gasteiger partial charge is 0.493 e. The summed E-state index contributed by atoms with van der Waals surface area (Å²) < 4.78 is 19.3. The molecule has 20 heavy (non-hydrogen) atoms. The maximum Gasteiger partial charge on any atom is 0.344 e. The highest BCUT2D eigenvalue weighted by atomic mass is 16.6. The summed E-state index contributed by atoms with van der Waals surface area (Å²) in [6.45, 7) is -0.411. The lowest BCUT2D eigenvalue weighted by molar-refractivity contribution is -0.154. The van der Waals surface area contributed by atoms with Gasteiger partial charge in [0.2, 0.25) is 0 Å². The van der Waals surface area contributed by atoms with Gasteiger partial charge in [0.25, 0.3) is 0 Å². The Labute approximate surface area is 116 Å². The maximum atomic E-state index is 11.3. The molecule has 0 atom stereocenters. The van der Waals surface area contributed by atoms with Crippen LogP contribution in [0.2, 0.25) is 0 Å². The van der Waals surface area contributed by atoms with E-state index in [9.17, 15) is 9.59 Å². The van der Waals surface area contributed by atoms with Gasteiger partial charge in [-0.3, -0.25) is 0 Å². The zero-order chi connectivity index (χ0) is 15.0. The van der Waals surface area contributed by atoms with Crippen molar-refractivity contribution in [2.45, 2.75) is 0 Å². The van der Waals surface area contributed by atoms with Gasteiger partial charge in [0.05, 0.1) is 21.3 Å². The molecule has 1 rings (SSSR count). The highest BCUT2D eigenvalue weighted by Crippen LogP contribution is 2.27. The lowest BCUT2D eigenvalue weighted by atomic mass is 10.2. The Morgan fingerprint density at radius 1 is 1.10 bits per heavy atom. The second-order valence-electron chi connectivity index (χ2n) is 3.63. The van der Waals surface area contributed by atoms with Crippen LogP contribution in [0.3, 0.4) is 0 Å². The van der Waals surface area contributed by atoms with Crippen LogP contribution in [0, 0.1) is 0 Å². The van der Waals surface area contributed by atoms with Crippen LogP contribution in [0.4, 0.5) is 0 Å². The first kappa shape index (κ1) is 15.6. The molecule has 6 nitrogen and oxygen atoms in total. The van der Waals surface area contributed by atoms with E-state index in [0.29, 0.717) is 11.5 Å². The van der Waals surface area contributed by atoms with Crippen LogP contribution < -0.4 is 9.47 Å². The second-order valence-corrected chi connectivity index (χ2v) is 3.63. The summed E-state index contributed by atoms with van der Waals surface area (Å²) in [5.74, 6) is -0.0986. The molecule has 6 heteroatoms. The molecule has 0 amide bonds. The lowest BCUT2D eigenvalue weighted by Crippen LogP contribution is -2.13. The minimum atomic E-state index is -0.634. The standard InChI is InChI=1S/C14H16O6/c1-17-11-6-4-10(8-12(11)18-2)5-7-13(15)20-9-14(16)19-3/h4-8H,9H2,1-3H3. The highest BCUT2D eigenvalue weighted by molar-refractivity contribution is 5.88. The normalized spacial score (nSPS) is 10.2. The van der Waals surface area contributed by atoms with Crippen LogP contribution in [-0.4, -0.2) is 39.9 Å². The number of rotatable bonds is 6. The zero-order valence-electron chi connectivity index (χ0n) is 11.5. The van der Waals surface area contributed by atoms with Crippen molar-refractivity contribution in [3.63, 3.8) is 0 Å². The van der Waals surface area contributed by atoms with Gasteiger partial charge >= 0.3 is 11.9 Å². The SMILES string of the molecule is COC(=O)COC(=O)C=Cc1ccc(OC)c(OC)c1. The van der Waals surface area contributed by atoms with Crippen LogP contribution in [-0.2, 0) is 19.1 Å². The van der Waals surface area contributed by atoms with Crippen LogP contribution in [0.25, 0.3) is 6.08 Å². The summed E-state index contributed by atoms with van der Waals surface area (Å²) in [5, 5.41) is 0. The first-order valence-electron chi connectivity index (χ1n) is 5.74. The van der Waals surface area contributed by atoms with E-state index in [-0.39, 0.29) is 0 Å². The molecule has 0 aliphatic heterocycles. The quantitative estimate of drug-likeness (QED) is 0.580. The Kier molecular flexibility index (Phi) is 6.09. The van der Waals surface area contributed by atoms with Gasteiger partial charge in [-0.15, -0.1) is 0 Å². The molecular formula is C14H16O6. The van der Waals surface area contributed by atoms with Crippen LogP contribution in [0.15, 0.2) is 24.3 Å². The van der Waals surface area contributed by atoms with E-state index in [2.05, 4.69) is 9.47 Å². The summed E-state index contributed by atoms with van der Waals surface area (Å²) in [6.07, 6.45) is 2.76. The molecule has 108 valence electrons. The number of esters is 2. The van der Waals surface area contributed by atoms with Crippen LogP contribution in [0.1, 0.15) is 5.56 Å². The molecule has 1 aromatic rings. The smallest absolute Gasteiger partial charge is 0.344 e. The van der Waals surface area contributed by atoms with Gasteiger partial charge in [0, 0.05) is 6.08 Å². The molecule has 0 unspecified atom stereocenters. The molecule has 0 aromatic heterocycles. The first-order chi connectivity index (χ1) is 9.60. The van der Waals surface area contributed by atoms with Crippen molar-refractivity contribution in [1.82, 2.24) is 0 Å². The van der Waals surface area contributed by atoms with E-state index in [1.54, 1.807) is 24.3 Å². The molecule has 0 saturated carbocycles. The van der Waals surface area contributed by atoms with E-state index in [1.165, 1.54) is 27.4 Å². The predicted octanol–water partition coefficient (Wildman–Crippen LogP) is 1.43. The molecule has 1 aromatic carbocycles. The third-order valence-corrected chi connectivity index (χ3v) is 2.38.